The largest absolute Gasteiger partial charge is 0.378 e. The zero-order valence-electron chi connectivity index (χ0n) is 17.5. The molecule has 2 aromatic heterocycles. The Morgan fingerprint density at radius 2 is 1.83 bits per heavy atom. The average Bonchev–Trinajstić information content (AvgIpc) is 3.49. The molecule has 2 aliphatic carbocycles. The van der Waals surface area contributed by atoms with Gasteiger partial charge in [0.1, 0.15) is 5.78 Å². The third-order valence-corrected chi connectivity index (χ3v) is 5.48. The Morgan fingerprint density at radius 3 is 2.37 bits per heavy atom. The topological polar surface area (TPSA) is 66.5 Å². The first-order valence-electron chi connectivity index (χ1n) is 10.8. The highest BCUT2D eigenvalue weighted by Crippen LogP contribution is 2.29. The summed E-state index contributed by atoms with van der Waals surface area (Å²) in [7, 11) is 0. The minimum atomic E-state index is 0.0891. The van der Waals surface area contributed by atoms with E-state index in [9.17, 15) is 4.79 Å². The lowest BCUT2D eigenvalue weighted by Gasteiger charge is -2.29. The molecule has 6 heteroatoms. The van der Waals surface area contributed by atoms with Gasteiger partial charge in [-0.1, -0.05) is 18.2 Å². The molecule has 0 bridgehead atoms. The summed E-state index contributed by atoms with van der Waals surface area (Å²) in [5.74, 6) is 0.444. The van der Waals surface area contributed by atoms with Gasteiger partial charge in [-0.25, -0.2) is 0 Å². The first kappa shape index (κ1) is 22.0. The normalized spacial score (nSPS) is 20.5. The zero-order valence-corrected chi connectivity index (χ0v) is 17.5. The second kappa shape index (κ2) is 12.1. The highest BCUT2D eigenvalue weighted by atomic mass is 16.5. The van der Waals surface area contributed by atoms with Crippen molar-refractivity contribution in [1.29, 1.82) is 0 Å². The predicted molar refractivity (Wildman–Crippen MR) is 114 cm³/mol. The lowest BCUT2D eigenvalue weighted by molar-refractivity contribution is -0.904. The Kier molecular flexibility index (Phi) is 8.84. The molecule has 3 heterocycles. The summed E-state index contributed by atoms with van der Waals surface area (Å²) in [6, 6.07) is 11.1. The van der Waals surface area contributed by atoms with Gasteiger partial charge in [0.2, 0.25) is 12.4 Å². The number of pyridine rings is 2. The molecule has 160 valence electrons. The molecule has 6 nitrogen and oxygen atoms in total. The molecule has 1 saturated heterocycles. The van der Waals surface area contributed by atoms with Crippen molar-refractivity contribution < 1.29 is 19.5 Å². The van der Waals surface area contributed by atoms with Crippen molar-refractivity contribution in [3.8, 4) is 0 Å². The van der Waals surface area contributed by atoms with Gasteiger partial charge in [-0.3, -0.25) is 15.0 Å². The molecule has 0 amide bonds. The Morgan fingerprint density at radius 1 is 1.03 bits per heavy atom. The van der Waals surface area contributed by atoms with Crippen LogP contribution >= 0.6 is 0 Å². The van der Waals surface area contributed by atoms with Crippen molar-refractivity contribution in [2.45, 2.75) is 44.4 Å². The van der Waals surface area contributed by atoms with E-state index in [0.717, 1.165) is 56.0 Å². The van der Waals surface area contributed by atoms with Gasteiger partial charge in [-0.2, -0.15) is 0 Å². The fourth-order valence-electron chi connectivity index (χ4n) is 3.89. The number of ketones is 1. The Hall–Kier alpha value is -2.73. The number of nitrogens with zero attached hydrogens (tertiary/aromatic N) is 3. The van der Waals surface area contributed by atoms with Gasteiger partial charge in [-0.05, 0) is 44.2 Å². The van der Waals surface area contributed by atoms with E-state index in [4.69, 9.17) is 9.94 Å². The van der Waals surface area contributed by atoms with Gasteiger partial charge in [-0.15, -0.1) is 0 Å². The number of carbonyl (C=O) groups is 1. The third kappa shape index (κ3) is 6.95. The lowest BCUT2D eigenvalue weighted by Crippen LogP contribution is -2.35. The maximum atomic E-state index is 11.3. The molecule has 0 aromatic carbocycles. The van der Waals surface area contributed by atoms with Crippen LogP contribution in [0.3, 0.4) is 0 Å². The van der Waals surface area contributed by atoms with Crippen molar-refractivity contribution in [3.63, 3.8) is 0 Å². The highest BCUT2D eigenvalue weighted by Gasteiger charge is 2.26. The molecule has 1 aliphatic heterocycles. The van der Waals surface area contributed by atoms with E-state index in [2.05, 4.69) is 16.0 Å². The number of hydrogen-bond acceptors (Lipinski definition) is 5. The van der Waals surface area contributed by atoms with Crippen LogP contribution in [-0.2, 0) is 9.53 Å². The molecular weight excluding hydrogens is 378 g/mol. The molecule has 3 aliphatic rings. The number of morpholine rings is 1. The van der Waals surface area contributed by atoms with Crippen LogP contribution in [0.1, 0.15) is 50.1 Å². The lowest BCUT2D eigenvalue weighted by atomic mass is 10.0. The van der Waals surface area contributed by atoms with Crippen LogP contribution in [0.2, 0.25) is 0 Å². The molecule has 1 atom stereocenters. The van der Waals surface area contributed by atoms with E-state index < -0.39 is 0 Å². The summed E-state index contributed by atoms with van der Waals surface area (Å²) in [6.45, 7) is 4.03. The molecule has 2 fully saturated rings. The number of ether oxygens (including phenoxy) is 1. The van der Waals surface area contributed by atoms with Crippen LogP contribution in [0.15, 0.2) is 66.8 Å². The minimum Gasteiger partial charge on any atom is -0.378 e. The Labute approximate surface area is 178 Å². The molecule has 2 aromatic rings. The summed E-state index contributed by atoms with van der Waals surface area (Å²) in [5.41, 5.74) is 2.51. The molecular formula is C24H32N3O3+. The second-order valence-electron chi connectivity index (χ2n) is 7.61. The van der Waals surface area contributed by atoms with Crippen LogP contribution in [-0.4, -0.2) is 47.2 Å². The average molecular weight is 411 g/mol. The molecule has 0 radical (unpaired) electrons. The van der Waals surface area contributed by atoms with Crippen molar-refractivity contribution in [3.05, 3.63) is 72.5 Å². The summed E-state index contributed by atoms with van der Waals surface area (Å²) < 4.78 is 6.29. The van der Waals surface area contributed by atoms with Gasteiger partial charge in [0, 0.05) is 48.3 Å². The Bertz CT molecular complexity index is 790. The molecule has 5 rings (SSSR count). The maximum Gasteiger partial charge on any atom is 0.222 e. The van der Waals surface area contributed by atoms with E-state index >= 15 is 0 Å². The quantitative estimate of drug-likeness (QED) is 0.606. The number of carbonyl (C=O) groups excluding carboxylic acids is 1. The maximum absolute atomic E-state index is 11.3. The van der Waals surface area contributed by atoms with Gasteiger partial charge < -0.3 is 9.64 Å². The van der Waals surface area contributed by atoms with Gasteiger partial charge in [0.15, 0.2) is 0 Å². The van der Waals surface area contributed by atoms with Crippen LogP contribution in [0.5, 0.6) is 0 Å². The smallest absolute Gasteiger partial charge is 0.222 e. The fraction of sp³-hybridized carbons (Fsp3) is 0.458. The first-order valence-corrected chi connectivity index (χ1v) is 10.8. The molecule has 1 N–H and O–H groups in total. The zero-order chi connectivity index (χ0) is 21.0. The molecule has 1 unspecified atom stereocenters. The SMILES string of the molecule is C1=C(N2CCOCC2)CCC1.O=C1CCCC1c1ccccn1.O[n+]1ccccc1. The van der Waals surface area contributed by atoms with Crippen molar-refractivity contribution in [2.75, 3.05) is 26.3 Å². The number of allylic oxidation sites excluding steroid dienone is 2. The van der Waals surface area contributed by atoms with E-state index in [1.165, 1.54) is 19.3 Å². The van der Waals surface area contributed by atoms with Crippen LogP contribution in [0, 0.1) is 0 Å². The molecule has 1 saturated carbocycles. The van der Waals surface area contributed by atoms with Crippen LogP contribution < -0.4 is 4.73 Å². The molecule has 0 spiro atoms. The van der Waals surface area contributed by atoms with Crippen LogP contribution in [0.4, 0.5) is 0 Å². The fourth-order valence-corrected chi connectivity index (χ4v) is 3.89. The van der Waals surface area contributed by atoms with Crippen molar-refractivity contribution in [1.82, 2.24) is 9.88 Å². The van der Waals surface area contributed by atoms with E-state index in [-0.39, 0.29) is 5.92 Å². The second-order valence-corrected chi connectivity index (χ2v) is 7.61. The molecule has 30 heavy (non-hydrogen) atoms. The van der Waals surface area contributed by atoms with E-state index in [1.807, 2.05) is 24.3 Å². The monoisotopic (exact) mass is 410 g/mol. The van der Waals surface area contributed by atoms with Gasteiger partial charge in [0.25, 0.3) is 0 Å². The van der Waals surface area contributed by atoms with Gasteiger partial charge in [0.05, 0.1) is 24.8 Å². The van der Waals surface area contributed by atoms with Gasteiger partial charge >= 0.3 is 0 Å². The highest BCUT2D eigenvalue weighted by molar-refractivity contribution is 5.87. The number of rotatable bonds is 2. The van der Waals surface area contributed by atoms with E-state index in [1.54, 1.807) is 36.4 Å². The minimum absolute atomic E-state index is 0.0891. The summed E-state index contributed by atoms with van der Waals surface area (Å²) in [4.78, 5) is 18.0. The number of Topliss-reactive ketones (excluding diaryl/α,β-unsaturated/α-hetero) is 1. The van der Waals surface area contributed by atoms with Crippen molar-refractivity contribution in [2.24, 2.45) is 0 Å². The summed E-state index contributed by atoms with van der Waals surface area (Å²) in [6.07, 6.45) is 13.9. The first-order chi connectivity index (χ1) is 14.7. The predicted octanol–water partition coefficient (Wildman–Crippen LogP) is 3.52. The number of aromatic nitrogens is 2. The summed E-state index contributed by atoms with van der Waals surface area (Å²) in [5, 5.41) is 8.55. The van der Waals surface area contributed by atoms with Crippen molar-refractivity contribution >= 4 is 5.78 Å². The third-order valence-electron chi connectivity index (χ3n) is 5.48. The van der Waals surface area contributed by atoms with Crippen LogP contribution in [0.25, 0.3) is 0 Å². The Balaban J connectivity index is 0.000000133. The standard InChI is InChI=1S/C10H11NO.C9H15NO.C5H6NO/c12-10-6-3-4-8(10)9-5-1-2-7-11-9;1-2-4-9(3-1)10-5-7-11-8-6-10;7-6-4-2-1-3-5-6/h1-2,5,7-8H,3-4,6H2;3H,1-2,4-8H2;1-5,7H/q;;+1. The van der Waals surface area contributed by atoms with E-state index in [0.29, 0.717) is 5.78 Å². The number of hydrogen-bond donors (Lipinski definition) is 1. The summed E-state index contributed by atoms with van der Waals surface area (Å²) >= 11 is 0.